The first-order valence-electron chi connectivity index (χ1n) is 33.1. The molecule has 0 spiro atoms. The summed E-state index contributed by atoms with van der Waals surface area (Å²) in [5, 5.41) is 3.58. The molecule has 0 aliphatic carbocycles. The van der Waals surface area contributed by atoms with E-state index < -0.39 is 0 Å². The zero-order chi connectivity index (χ0) is 63.2. The SMILES string of the molecule is c1ccc(-c2c(-c3ccccc3)n(-c3ccc4c(c3)N(c3ccccc3)c3cc(-n5c(-c6ccccc6)c(-c6ccccc6)c6ccccc65)cc5c3B4c3ccc(-n4c(-c6ccccc6)c(-c6ccccc6)c6ccccc64)cc3N5c3ccccc3)c3ccccc23)cc1. The number of hydrogen-bond acceptors (Lipinski definition) is 2. The molecule has 0 amide bonds. The van der Waals surface area contributed by atoms with Crippen LogP contribution in [0.5, 0.6) is 0 Å². The lowest BCUT2D eigenvalue weighted by Gasteiger charge is -2.44. The van der Waals surface area contributed by atoms with Gasteiger partial charge >= 0.3 is 0 Å². The van der Waals surface area contributed by atoms with E-state index in [4.69, 9.17) is 0 Å². The van der Waals surface area contributed by atoms with Gasteiger partial charge in [-0.25, -0.2) is 0 Å². The second-order valence-corrected chi connectivity index (χ2v) is 25.1. The Kier molecular flexibility index (Phi) is 13.0. The smallest absolute Gasteiger partial charge is 0.252 e. The summed E-state index contributed by atoms with van der Waals surface area (Å²) >= 11 is 0. The summed E-state index contributed by atoms with van der Waals surface area (Å²) in [6.45, 7) is -0.211. The third kappa shape index (κ3) is 8.66. The van der Waals surface area contributed by atoms with E-state index in [0.29, 0.717) is 0 Å². The number of rotatable bonds is 11. The Morgan fingerprint density at radius 3 is 0.781 bits per heavy atom. The summed E-state index contributed by atoms with van der Waals surface area (Å²) in [5.74, 6) is 0. The summed E-state index contributed by atoms with van der Waals surface area (Å²) in [5.41, 5.74) is 30.8. The highest BCUT2D eigenvalue weighted by Crippen LogP contribution is 2.51. The van der Waals surface area contributed by atoms with Crippen LogP contribution in [0.15, 0.2) is 364 Å². The summed E-state index contributed by atoms with van der Waals surface area (Å²) in [6.07, 6.45) is 0. The van der Waals surface area contributed by atoms with Gasteiger partial charge in [0.1, 0.15) is 0 Å². The van der Waals surface area contributed by atoms with Crippen LogP contribution in [0.25, 0.3) is 117 Å². The molecule has 19 rings (SSSR count). The molecule has 5 heterocycles. The van der Waals surface area contributed by atoms with Gasteiger partial charge in [-0.15, -0.1) is 0 Å². The first kappa shape index (κ1) is 55.0. The van der Waals surface area contributed by atoms with E-state index in [-0.39, 0.29) is 6.71 Å². The van der Waals surface area contributed by atoms with Crippen LogP contribution in [0.3, 0.4) is 0 Å². The van der Waals surface area contributed by atoms with Crippen LogP contribution in [0, 0.1) is 0 Å². The van der Waals surface area contributed by atoms with Crippen LogP contribution in [0.4, 0.5) is 34.1 Å². The van der Waals surface area contributed by atoms with E-state index >= 15 is 0 Å². The van der Waals surface area contributed by atoms with Crippen molar-refractivity contribution in [1.29, 1.82) is 0 Å². The van der Waals surface area contributed by atoms with Crippen LogP contribution < -0.4 is 26.2 Å². The normalized spacial score (nSPS) is 12.3. The Balaban J connectivity index is 0.949. The monoisotopic (exact) mass is 1220 g/mol. The number of hydrogen-bond donors (Lipinski definition) is 0. The predicted molar refractivity (Wildman–Crippen MR) is 404 cm³/mol. The molecule has 0 unspecified atom stereocenters. The highest BCUT2D eigenvalue weighted by molar-refractivity contribution is 7.00. The Morgan fingerprint density at radius 2 is 0.458 bits per heavy atom. The first-order chi connectivity index (χ1) is 47.7. The van der Waals surface area contributed by atoms with E-state index in [0.717, 1.165) is 107 Å². The lowest BCUT2D eigenvalue weighted by Crippen LogP contribution is -2.61. The molecule has 6 heteroatoms. The molecule has 0 radical (unpaired) electrons. The fourth-order valence-corrected chi connectivity index (χ4v) is 15.9. The second-order valence-electron chi connectivity index (χ2n) is 25.1. The zero-order valence-corrected chi connectivity index (χ0v) is 52.5. The fourth-order valence-electron chi connectivity index (χ4n) is 15.9. The average Bonchev–Trinajstić information content (AvgIpc) is 0.752. The summed E-state index contributed by atoms with van der Waals surface area (Å²) in [7, 11) is 0. The van der Waals surface area contributed by atoms with Gasteiger partial charge in [-0.3, -0.25) is 0 Å². The first-order valence-corrected chi connectivity index (χ1v) is 33.1. The number of anilines is 6. The van der Waals surface area contributed by atoms with E-state index in [9.17, 15) is 0 Å². The van der Waals surface area contributed by atoms with Gasteiger partial charge in [0.25, 0.3) is 6.71 Å². The molecule has 2 aliphatic rings. The Labute approximate surface area is 558 Å². The summed E-state index contributed by atoms with van der Waals surface area (Å²) in [4.78, 5) is 5.14. The number of aromatic nitrogens is 3. The maximum atomic E-state index is 2.57. The van der Waals surface area contributed by atoms with Crippen molar-refractivity contribution in [3.63, 3.8) is 0 Å². The van der Waals surface area contributed by atoms with Gasteiger partial charge in [0.15, 0.2) is 0 Å². The molecule has 14 aromatic carbocycles. The van der Waals surface area contributed by atoms with Crippen molar-refractivity contribution < 1.29 is 0 Å². The van der Waals surface area contributed by atoms with Crippen molar-refractivity contribution in [3.8, 4) is 84.2 Å². The molecule has 0 bridgehead atoms. The van der Waals surface area contributed by atoms with Gasteiger partial charge in [0.05, 0.1) is 39.3 Å². The van der Waals surface area contributed by atoms with Gasteiger partial charge in [-0.2, -0.15) is 0 Å². The molecular formula is C90H60BN5. The van der Waals surface area contributed by atoms with Crippen molar-refractivity contribution in [2.24, 2.45) is 0 Å². The minimum absolute atomic E-state index is 0.211. The number of para-hydroxylation sites is 5. The van der Waals surface area contributed by atoms with Gasteiger partial charge in [0, 0.05) is 78.3 Å². The molecule has 0 saturated carbocycles. The highest BCUT2D eigenvalue weighted by Gasteiger charge is 2.45. The van der Waals surface area contributed by atoms with Gasteiger partial charge in [-0.05, 0) is 129 Å². The topological polar surface area (TPSA) is 21.3 Å². The van der Waals surface area contributed by atoms with E-state index in [1.54, 1.807) is 0 Å². The summed E-state index contributed by atoms with van der Waals surface area (Å²) in [6, 6.07) is 134. The third-order valence-electron chi connectivity index (χ3n) is 19.8. The summed E-state index contributed by atoms with van der Waals surface area (Å²) < 4.78 is 7.59. The molecule has 0 N–H and O–H groups in total. The quantitative estimate of drug-likeness (QED) is 0.120. The molecule has 448 valence electrons. The molecule has 5 nitrogen and oxygen atoms in total. The largest absolute Gasteiger partial charge is 0.311 e. The molecule has 0 fully saturated rings. The van der Waals surface area contributed by atoms with Crippen molar-refractivity contribution in [3.05, 3.63) is 364 Å². The van der Waals surface area contributed by atoms with Gasteiger partial charge in [-0.1, -0.05) is 285 Å². The molecule has 2 aliphatic heterocycles. The number of fused-ring (bicyclic) bond motifs is 7. The third-order valence-corrected chi connectivity index (χ3v) is 19.8. The van der Waals surface area contributed by atoms with Crippen molar-refractivity contribution in [2.75, 3.05) is 9.80 Å². The van der Waals surface area contributed by atoms with E-state index in [1.165, 1.54) is 60.4 Å². The maximum Gasteiger partial charge on any atom is 0.252 e. The maximum absolute atomic E-state index is 2.57. The minimum atomic E-state index is -0.211. The zero-order valence-electron chi connectivity index (χ0n) is 52.5. The molecule has 3 aromatic heterocycles. The van der Waals surface area contributed by atoms with Crippen molar-refractivity contribution in [1.82, 2.24) is 13.7 Å². The second kappa shape index (κ2) is 22.6. The molecule has 0 atom stereocenters. The average molecular weight is 1220 g/mol. The van der Waals surface area contributed by atoms with Crippen molar-refractivity contribution >= 4 is 89.9 Å². The highest BCUT2D eigenvalue weighted by atomic mass is 15.2. The molecule has 17 aromatic rings. The van der Waals surface area contributed by atoms with Crippen LogP contribution in [-0.4, -0.2) is 20.4 Å². The van der Waals surface area contributed by atoms with Crippen LogP contribution in [-0.2, 0) is 0 Å². The molecule has 0 saturated heterocycles. The van der Waals surface area contributed by atoms with Crippen LogP contribution in [0.2, 0.25) is 0 Å². The number of benzene rings is 14. The van der Waals surface area contributed by atoms with Gasteiger partial charge in [0.2, 0.25) is 0 Å². The fraction of sp³-hybridized carbons (Fsp3) is 0. The standard InChI is InChI=1S/C90H60BN5/c1-9-31-61(32-10-1)84-72-47-25-28-50-77(72)94(88(84)64-37-15-4-16-38-64)69-53-55-75-80(57-69)92(67-43-21-7-22-44-67)82-59-71(96-79-52-30-27-49-74(79)86(63-35-13-3-14-36-63)90(96)66-41-19-6-20-42-66)60-83-87(82)91(75)76-56-54-70(58-81(76)93(83)68-45-23-8-24-46-68)95-78-51-29-26-48-73(78)85(62-33-11-2-12-34-62)89(95)65-39-17-5-18-40-65/h1-60H. The van der Waals surface area contributed by atoms with E-state index in [2.05, 4.69) is 387 Å². The lowest BCUT2D eigenvalue weighted by molar-refractivity contribution is 1.11. The predicted octanol–water partition coefficient (Wildman–Crippen LogP) is 21.6. The number of nitrogens with zero attached hydrogens (tertiary/aromatic N) is 5. The Hall–Kier alpha value is -12.6. The Morgan fingerprint density at radius 1 is 0.198 bits per heavy atom. The Bertz CT molecular complexity index is 5530. The molecule has 96 heavy (non-hydrogen) atoms. The molecular weight excluding hydrogens is 1160 g/mol. The van der Waals surface area contributed by atoms with E-state index in [1.807, 2.05) is 0 Å². The van der Waals surface area contributed by atoms with Crippen molar-refractivity contribution in [2.45, 2.75) is 0 Å². The van der Waals surface area contributed by atoms with Gasteiger partial charge < -0.3 is 23.5 Å². The van der Waals surface area contributed by atoms with Crippen LogP contribution >= 0.6 is 0 Å². The minimum Gasteiger partial charge on any atom is -0.311 e. The lowest BCUT2D eigenvalue weighted by atomic mass is 9.33. The van der Waals surface area contributed by atoms with Crippen LogP contribution in [0.1, 0.15) is 0 Å².